The van der Waals surface area contributed by atoms with Crippen LogP contribution in [0.25, 0.3) is 5.76 Å². The Morgan fingerprint density at radius 3 is 2.64 bits per heavy atom. The first-order valence-electron chi connectivity index (χ1n) is 8.83. The highest BCUT2D eigenvalue weighted by Gasteiger charge is 2.35. The van der Waals surface area contributed by atoms with Gasteiger partial charge in [-0.25, -0.2) is 0 Å². The van der Waals surface area contributed by atoms with Crippen molar-refractivity contribution >= 4 is 23.0 Å². The number of non-ortho nitro benzene ring substituents is 1. The van der Waals surface area contributed by atoms with Crippen LogP contribution in [0.4, 0.5) is 5.69 Å². The molecule has 4 rings (SSSR count). The molecule has 1 atom stereocenters. The topological polar surface area (TPSA) is 102 Å². The number of nitro groups is 1. The molecule has 0 saturated heterocycles. The standard InChI is InChI=1S/C21H16ClN3O3/c22-14-7-4-13(5-8-14)19-16-3-1-2-12-6-9-15(25(26)27)10-17(12)20(16)28-21(24)18(19)11-23/h4-10,19H,1-3,24H2. The van der Waals surface area contributed by atoms with Crippen molar-refractivity contribution in [1.29, 1.82) is 5.26 Å². The quantitative estimate of drug-likeness (QED) is 0.583. The van der Waals surface area contributed by atoms with Gasteiger partial charge in [-0.3, -0.25) is 10.1 Å². The number of nitrogens with zero attached hydrogens (tertiary/aromatic N) is 2. The summed E-state index contributed by atoms with van der Waals surface area (Å²) in [5.74, 6) is 0.185. The van der Waals surface area contributed by atoms with Crippen LogP contribution in [0.2, 0.25) is 5.02 Å². The van der Waals surface area contributed by atoms with Gasteiger partial charge >= 0.3 is 0 Å². The van der Waals surface area contributed by atoms with Crippen molar-refractivity contribution in [1.82, 2.24) is 0 Å². The molecule has 1 aliphatic carbocycles. The predicted molar refractivity (Wildman–Crippen MR) is 105 cm³/mol. The molecule has 0 saturated carbocycles. The number of allylic oxidation sites excluding steroid dienone is 2. The van der Waals surface area contributed by atoms with Gasteiger partial charge in [-0.05, 0) is 48.1 Å². The van der Waals surface area contributed by atoms with Gasteiger partial charge in [0.15, 0.2) is 0 Å². The molecule has 2 N–H and O–H groups in total. The average Bonchev–Trinajstić information content (AvgIpc) is 2.86. The lowest BCUT2D eigenvalue weighted by atomic mass is 9.81. The van der Waals surface area contributed by atoms with Crippen LogP contribution >= 0.6 is 11.6 Å². The third kappa shape index (κ3) is 3.00. The van der Waals surface area contributed by atoms with Crippen molar-refractivity contribution in [3.8, 4) is 6.07 Å². The summed E-state index contributed by atoms with van der Waals surface area (Å²) in [4.78, 5) is 10.8. The minimum absolute atomic E-state index is 0.00669. The van der Waals surface area contributed by atoms with E-state index in [-0.39, 0.29) is 17.5 Å². The van der Waals surface area contributed by atoms with Crippen molar-refractivity contribution in [3.05, 3.63) is 91.3 Å². The molecular weight excluding hydrogens is 378 g/mol. The highest BCUT2D eigenvalue weighted by Crippen LogP contribution is 2.47. The number of hydrogen-bond donors (Lipinski definition) is 1. The van der Waals surface area contributed by atoms with Crippen LogP contribution in [0, 0.1) is 21.4 Å². The Morgan fingerprint density at radius 2 is 1.96 bits per heavy atom. The third-order valence-corrected chi connectivity index (χ3v) is 5.42. The number of ether oxygens (including phenoxy) is 1. The minimum Gasteiger partial charge on any atom is -0.440 e. The Bertz CT molecular complexity index is 1080. The maximum Gasteiger partial charge on any atom is 0.270 e. The fraction of sp³-hybridized carbons (Fsp3) is 0.190. The summed E-state index contributed by atoms with van der Waals surface area (Å²) in [5, 5.41) is 21.6. The van der Waals surface area contributed by atoms with Crippen molar-refractivity contribution in [2.24, 2.45) is 5.73 Å². The molecular formula is C21H16ClN3O3. The summed E-state index contributed by atoms with van der Waals surface area (Å²) < 4.78 is 5.88. The zero-order chi connectivity index (χ0) is 19.8. The van der Waals surface area contributed by atoms with Crippen molar-refractivity contribution in [3.63, 3.8) is 0 Å². The molecule has 1 heterocycles. The Kier molecular flexibility index (Phi) is 4.54. The van der Waals surface area contributed by atoms with Gasteiger partial charge in [0, 0.05) is 28.6 Å². The maximum atomic E-state index is 11.3. The fourth-order valence-electron chi connectivity index (χ4n) is 3.88. The van der Waals surface area contributed by atoms with Crippen LogP contribution in [-0.4, -0.2) is 4.92 Å². The van der Waals surface area contributed by atoms with Gasteiger partial charge in [0.25, 0.3) is 5.69 Å². The van der Waals surface area contributed by atoms with Crippen LogP contribution in [0.5, 0.6) is 0 Å². The lowest BCUT2D eigenvalue weighted by Crippen LogP contribution is -2.20. The fourth-order valence-corrected chi connectivity index (χ4v) is 4.01. The molecule has 6 nitrogen and oxygen atoms in total. The van der Waals surface area contributed by atoms with Crippen molar-refractivity contribution < 1.29 is 9.66 Å². The van der Waals surface area contributed by atoms with Gasteiger partial charge in [0.1, 0.15) is 17.4 Å². The first-order chi connectivity index (χ1) is 13.5. The molecule has 0 radical (unpaired) electrons. The van der Waals surface area contributed by atoms with E-state index >= 15 is 0 Å². The number of nitrogens with two attached hydrogens (primary N) is 1. The van der Waals surface area contributed by atoms with Gasteiger partial charge in [0.2, 0.25) is 5.88 Å². The third-order valence-electron chi connectivity index (χ3n) is 5.17. The van der Waals surface area contributed by atoms with Crippen LogP contribution in [-0.2, 0) is 11.2 Å². The van der Waals surface area contributed by atoms with Crippen molar-refractivity contribution in [2.45, 2.75) is 25.2 Å². The van der Waals surface area contributed by atoms with Gasteiger partial charge in [-0.15, -0.1) is 0 Å². The number of rotatable bonds is 2. The lowest BCUT2D eigenvalue weighted by molar-refractivity contribution is -0.384. The Morgan fingerprint density at radius 1 is 1.21 bits per heavy atom. The second-order valence-corrected chi connectivity index (χ2v) is 7.22. The van der Waals surface area contributed by atoms with E-state index in [1.807, 2.05) is 12.1 Å². The van der Waals surface area contributed by atoms with Gasteiger partial charge in [-0.2, -0.15) is 5.26 Å². The average molecular weight is 394 g/mol. The molecule has 0 bridgehead atoms. The molecule has 28 heavy (non-hydrogen) atoms. The number of nitriles is 1. The maximum absolute atomic E-state index is 11.3. The first kappa shape index (κ1) is 18.1. The molecule has 0 fully saturated rings. The lowest BCUT2D eigenvalue weighted by Gasteiger charge is -2.29. The number of fused-ring (bicyclic) bond motifs is 2. The monoisotopic (exact) mass is 393 g/mol. The predicted octanol–water partition coefficient (Wildman–Crippen LogP) is 4.80. The Labute approximate surface area is 166 Å². The second kappa shape index (κ2) is 7.02. The minimum atomic E-state index is -0.426. The van der Waals surface area contributed by atoms with E-state index in [0.717, 1.165) is 29.5 Å². The molecule has 2 aromatic rings. The Hall–Kier alpha value is -3.30. The number of hydrogen-bond acceptors (Lipinski definition) is 5. The second-order valence-electron chi connectivity index (χ2n) is 6.78. The van der Waals surface area contributed by atoms with Crippen LogP contribution in [0.15, 0.2) is 59.5 Å². The molecule has 0 aromatic heterocycles. The van der Waals surface area contributed by atoms with E-state index in [4.69, 9.17) is 22.1 Å². The van der Waals surface area contributed by atoms with E-state index in [1.165, 1.54) is 12.1 Å². The summed E-state index contributed by atoms with van der Waals surface area (Å²) in [6, 6.07) is 14.3. The normalized spacial score (nSPS) is 18.5. The van der Waals surface area contributed by atoms with E-state index in [2.05, 4.69) is 6.07 Å². The van der Waals surface area contributed by atoms with E-state index < -0.39 is 4.92 Å². The summed E-state index contributed by atoms with van der Waals surface area (Å²) in [7, 11) is 0. The largest absolute Gasteiger partial charge is 0.440 e. The molecule has 0 spiro atoms. The zero-order valence-electron chi connectivity index (χ0n) is 14.8. The summed E-state index contributed by atoms with van der Waals surface area (Å²) in [5.41, 5.74) is 9.87. The van der Waals surface area contributed by atoms with Crippen molar-refractivity contribution in [2.75, 3.05) is 0 Å². The smallest absolute Gasteiger partial charge is 0.270 e. The summed E-state index contributed by atoms with van der Waals surface area (Å²) in [6.07, 6.45) is 2.30. The highest BCUT2D eigenvalue weighted by atomic mass is 35.5. The molecule has 1 unspecified atom stereocenters. The zero-order valence-corrected chi connectivity index (χ0v) is 15.6. The Balaban J connectivity index is 1.94. The number of aryl methyl sites for hydroxylation is 1. The molecule has 7 heteroatoms. The highest BCUT2D eigenvalue weighted by molar-refractivity contribution is 6.30. The number of halogens is 1. The molecule has 1 aliphatic heterocycles. The first-order valence-corrected chi connectivity index (χ1v) is 9.21. The van der Waals surface area contributed by atoms with E-state index in [9.17, 15) is 15.4 Å². The molecule has 140 valence electrons. The molecule has 0 amide bonds. The van der Waals surface area contributed by atoms with Crippen LogP contribution < -0.4 is 5.73 Å². The summed E-state index contributed by atoms with van der Waals surface area (Å²) >= 11 is 6.02. The van der Waals surface area contributed by atoms with E-state index in [0.29, 0.717) is 28.3 Å². The number of benzene rings is 2. The van der Waals surface area contributed by atoms with Crippen LogP contribution in [0.1, 0.15) is 35.4 Å². The number of nitro benzene ring substituents is 1. The van der Waals surface area contributed by atoms with E-state index in [1.54, 1.807) is 18.2 Å². The molecule has 2 aromatic carbocycles. The summed E-state index contributed by atoms with van der Waals surface area (Å²) in [6.45, 7) is 0. The molecule has 2 aliphatic rings. The van der Waals surface area contributed by atoms with Crippen LogP contribution in [0.3, 0.4) is 0 Å². The SMILES string of the molecule is N#CC1=C(N)OC2=C(CCCc3ccc([N+](=O)[O-])cc32)C1c1ccc(Cl)cc1. The van der Waals surface area contributed by atoms with Gasteiger partial charge < -0.3 is 10.5 Å². The van der Waals surface area contributed by atoms with Gasteiger partial charge in [-0.1, -0.05) is 29.8 Å². The van der Waals surface area contributed by atoms with Gasteiger partial charge in [0.05, 0.1) is 4.92 Å².